The average molecular weight is 339 g/mol. The number of anilines is 1. The minimum atomic E-state index is 0.908. The van der Waals surface area contributed by atoms with Gasteiger partial charge in [-0.25, -0.2) is 0 Å². The van der Waals surface area contributed by atoms with Crippen LogP contribution in [0.3, 0.4) is 0 Å². The number of halogens is 1. The summed E-state index contributed by atoms with van der Waals surface area (Å²) < 4.78 is 1.18. The maximum atomic E-state index is 3.63. The van der Waals surface area contributed by atoms with Gasteiger partial charge in [-0.1, -0.05) is 35.3 Å². The van der Waals surface area contributed by atoms with Crippen molar-refractivity contribution in [3.05, 3.63) is 28.2 Å². The summed E-state index contributed by atoms with van der Waals surface area (Å²) in [7, 11) is 0. The number of rotatable bonds is 8. The van der Waals surface area contributed by atoms with E-state index in [-0.39, 0.29) is 0 Å². The van der Waals surface area contributed by atoms with Crippen LogP contribution in [0, 0.1) is 5.92 Å². The summed E-state index contributed by atoms with van der Waals surface area (Å²) in [5.41, 5.74) is 2.82. The number of nitrogens with zero attached hydrogens (tertiary/aromatic N) is 1. The number of hydrogen-bond donors (Lipinski definition) is 1. The van der Waals surface area contributed by atoms with Crippen molar-refractivity contribution < 1.29 is 0 Å². The van der Waals surface area contributed by atoms with Crippen LogP contribution in [0.2, 0.25) is 0 Å². The number of nitrogens with one attached hydrogen (secondary N) is 1. The molecule has 3 heteroatoms. The number of benzene rings is 1. The third kappa shape index (κ3) is 4.23. The molecule has 0 aliphatic heterocycles. The predicted molar refractivity (Wildman–Crippen MR) is 91.4 cm³/mol. The van der Waals surface area contributed by atoms with Gasteiger partial charge in [0.15, 0.2) is 0 Å². The van der Waals surface area contributed by atoms with Gasteiger partial charge in [0.05, 0.1) is 0 Å². The first-order valence-electron chi connectivity index (χ1n) is 7.98. The zero-order valence-corrected chi connectivity index (χ0v) is 14.4. The molecule has 0 heterocycles. The summed E-state index contributed by atoms with van der Waals surface area (Å²) in [6.45, 7) is 8.84. The Hall–Kier alpha value is -0.540. The van der Waals surface area contributed by atoms with Gasteiger partial charge < -0.3 is 10.2 Å². The average Bonchev–Trinajstić information content (AvgIpc) is 2.40. The molecule has 1 aromatic rings. The van der Waals surface area contributed by atoms with E-state index in [1.165, 1.54) is 48.0 Å². The summed E-state index contributed by atoms with van der Waals surface area (Å²) >= 11 is 3.63. The summed E-state index contributed by atoms with van der Waals surface area (Å²) in [4.78, 5) is 2.55. The Balaban J connectivity index is 2.10. The molecule has 112 valence electrons. The van der Waals surface area contributed by atoms with Crippen molar-refractivity contribution in [3.63, 3.8) is 0 Å². The third-order valence-electron chi connectivity index (χ3n) is 4.22. The molecule has 1 aromatic carbocycles. The number of hydrogen-bond acceptors (Lipinski definition) is 2. The van der Waals surface area contributed by atoms with Crippen LogP contribution in [-0.2, 0) is 6.54 Å². The first-order valence-corrected chi connectivity index (χ1v) is 8.78. The molecule has 0 radical (unpaired) electrons. The van der Waals surface area contributed by atoms with Crippen LogP contribution in [0.4, 0.5) is 5.69 Å². The summed E-state index contributed by atoms with van der Waals surface area (Å²) in [5.74, 6) is 0.908. The van der Waals surface area contributed by atoms with E-state index < -0.39 is 0 Å². The fourth-order valence-corrected chi connectivity index (χ4v) is 3.11. The van der Waals surface area contributed by atoms with Crippen LogP contribution in [0.1, 0.15) is 45.1 Å². The second kappa shape index (κ2) is 8.04. The molecule has 1 aliphatic rings. The fourth-order valence-electron chi connectivity index (χ4n) is 2.77. The molecule has 1 N–H and O–H groups in total. The van der Waals surface area contributed by atoms with E-state index >= 15 is 0 Å². The maximum Gasteiger partial charge on any atom is 0.0423 e. The fraction of sp³-hybridized carbons (Fsp3) is 0.647. The molecule has 20 heavy (non-hydrogen) atoms. The van der Waals surface area contributed by atoms with Gasteiger partial charge in [0.2, 0.25) is 0 Å². The zero-order valence-electron chi connectivity index (χ0n) is 12.8. The first kappa shape index (κ1) is 15.8. The van der Waals surface area contributed by atoms with E-state index in [2.05, 4.69) is 58.2 Å². The SMILES string of the molecule is CCCNCc1ccc(Br)cc1N(CC)CC1CCC1. The van der Waals surface area contributed by atoms with Crippen LogP contribution in [-0.4, -0.2) is 19.6 Å². The highest BCUT2D eigenvalue weighted by molar-refractivity contribution is 9.10. The van der Waals surface area contributed by atoms with Gasteiger partial charge in [-0.3, -0.25) is 0 Å². The summed E-state index contributed by atoms with van der Waals surface area (Å²) in [5, 5.41) is 3.53. The molecule has 1 fully saturated rings. The van der Waals surface area contributed by atoms with Crippen molar-refractivity contribution in [1.82, 2.24) is 5.32 Å². The summed E-state index contributed by atoms with van der Waals surface area (Å²) in [6, 6.07) is 6.69. The van der Waals surface area contributed by atoms with Crippen molar-refractivity contribution in [2.45, 2.75) is 46.1 Å². The molecule has 0 atom stereocenters. The van der Waals surface area contributed by atoms with E-state index in [0.717, 1.165) is 25.6 Å². The van der Waals surface area contributed by atoms with Gasteiger partial charge in [0.1, 0.15) is 0 Å². The minimum Gasteiger partial charge on any atom is -0.371 e. The smallest absolute Gasteiger partial charge is 0.0423 e. The highest BCUT2D eigenvalue weighted by atomic mass is 79.9. The Labute approximate surface area is 132 Å². The van der Waals surface area contributed by atoms with E-state index in [1.54, 1.807) is 0 Å². The molecule has 0 amide bonds. The van der Waals surface area contributed by atoms with Gasteiger partial charge in [0, 0.05) is 29.8 Å². The maximum absolute atomic E-state index is 3.63. The molecular weight excluding hydrogens is 312 g/mol. The summed E-state index contributed by atoms with van der Waals surface area (Å²) in [6.07, 6.45) is 5.43. The Morgan fingerprint density at radius 2 is 2.10 bits per heavy atom. The van der Waals surface area contributed by atoms with Gasteiger partial charge in [0.25, 0.3) is 0 Å². The Morgan fingerprint density at radius 1 is 1.30 bits per heavy atom. The molecule has 0 bridgehead atoms. The quantitative estimate of drug-likeness (QED) is 0.698. The van der Waals surface area contributed by atoms with E-state index in [0.29, 0.717) is 0 Å². The lowest BCUT2D eigenvalue weighted by molar-refractivity contribution is 0.318. The Bertz CT molecular complexity index is 415. The molecule has 1 saturated carbocycles. The van der Waals surface area contributed by atoms with Crippen LogP contribution >= 0.6 is 15.9 Å². The van der Waals surface area contributed by atoms with Crippen LogP contribution < -0.4 is 10.2 Å². The normalized spacial score (nSPS) is 15.2. The lowest BCUT2D eigenvalue weighted by Gasteiger charge is -2.34. The standard InChI is InChI=1S/C17H27BrN2/c1-3-10-19-12-15-8-9-16(18)11-17(15)20(4-2)13-14-6-5-7-14/h8-9,11,14,19H,3-7,10,12-13H2,1-2H3. The van der Waals surface area contributed by atoms with Crippen molar-refractivity contribution in [3.8, 4) is 0 Å². The largest absolute Gasteiger partial charge is 0.371 e. The van der Waals surface area contributed by atoms with Crippen molar-refractivity contribution in [2.75, 3.05) is 24.5 Å². The minimum absolute atomic E-state index is 0.908. The highest BCUT2D eigenvalue weighted by Gasteiger charge is 2.21. The lowest BCUT2D eigenvalue weighted by Crippen LogP contribution is -2.33. The molecule has 2 rings (SSSR count). The van der Waals surface area contributed by atoms with Crippen LogP contribution in [0.15, 0.2) is 22.7 Å². The molecule has 0 saturated heterocycles. The second-order valence-corrected chi connectivity index (χ2v) is 6.70. The van der Waals surface area contributed by atoms with Gasteiger partial charge in [-0.2, -0.15) is 0 Å². The van der Waals surface area contributed by atoms with Gasteiger partial charge in [-0.15, -0.1) is 0 Å². The second-order valence-electron chi connectivity index (χ2n) is 5.79. The van der Waals surface area contributed by atoms with Crippen molar-refractivity contribution in [1.29, 1.82) is 0 Å². The van der Waals surface area contributed by atoms with Gasteiger partial charge >= 0.3 is 0 Å². The van der Waals surface area contributed by atoms with E-state index in [1.807, 2.05) is 0 Å². The third-order valence-corrected chi connectivity index (χ3v) is 4.71. The van der Waals surface area contributed by atoms with Crippen molar-refractivity contribution >= 4 is 21.6 Å². The van der Waals surface area contributed by atoms with E-state index in [4.69, 9.17) is 0 Å². The van der Waals surface area contributed by atoms with E-state index in [9.17, 15) is 0 Å². The monoisotopic (exact) mass is 338 g/mol. The van der Waals surface area contributed by atoms with Crippen molar-refractivity contribution in [2.24, 2.45) is 5.92 Å². The molecule has 1 aliphatic carbocycles. The molecular formula is C17H27BrN2. The van der Waals surface area contributed by atoms with Crippen LogP contribution in [0.5, 0.6) is 0 Å². The van der Waals surface area contributed by atoms with Crippen LogP contribution in [0.25, 0.3) is 0 Å². The lowest BCUT2D eigenvalue weighted by atomic mass is 9.85. The Morgan fingerprint density at radius 3 is 2.70 bits per heavy atom. The molecule has 0 spiro atoms. The zero-order chi connectivity index (χ0) is 14.4. The highest BCUT2D eigenvalue weighted by Crippen LogP contribution is 2.31. The molecule has 0 unspecified atom stereocenters. The first-order chi connectivity index (χ1) is 9.74. The predicted octanol–water partition coefficient (Wildman–Crippen LogP) is 4.58. The molecule has 0 aromatic heterocycles. The topological polar surface area (TPSA) is 15.3 Å². The van der Waals surface area contributed by atoms with Gasteiger partial charge in [-0.05, 0) is 56.3 Å². The Kier molecular flexibility index (Phi) is 6.37. The molecule has 2 nitrogen and oxygen atoms in total.